The van der Waals surface area contributed by atoms with E-state index in [9.17, 15) is 18.4 Å². The molecule has 3 aliphatic heterocycles. The second-order valence-corrected chi connectivity index (χ2v) is 10.8. The van der Waals surface area contributed by atoms with Gasteiger partial charge in [-0.1, -0.05) is 6.07 Å². The SMILES string of the molecule is CN(C1CCC(F)(F)CC1)[C@H]1C[C@H]2C(=O)NC3(CCN(Cc4cccnc4)CC3)CC(=O)N2C1. The van der Waals surface area contributed by atoms with E-state index in [1.165, 1.54) is 0 Å². The highest BCUT2D eigenvalue weighted by Gasteiger charge is 2.50. The van der Waals surface area contributed by atoms with Crippen molar-refractivity contribution in [1.82, 2.24) is 25.0 Å². The number of pyridine rings is 1. The van der Waals surface area contributed by atoms with Crippen molar-refractivity contribution in [2.24, 2.45) is 0 Å². The van der Waals surface area contributed by atoms with Crippen molar-refractivity contribution in [3.8, 4) is 0 Å². The third-order valence-corrected chi connectivity index (χ3v) is 8.56. The summed E-state index contributed by atoms with van der Waals surface area (Å²) in [6, 6.07) is 3.66. The highest BCUT2D eigenvalue weighted by molar-refractivity contribution is 5.92. The van der Waals surface area contributed by atoms with Crippen molar-refractivity contribution in [3.63, 3.8) is 0 Å². The molecule has 3 saturated heterocycles. The predicted octanol–water partition coefficient (Wildman–Crippen LogP) is 2.42. The molecule has 1 aromatic heterocycles. The van der Waals surface area contributed by atoms with Crippen LogP contribution in [-0.4, -0.2) is 87.8 Å². The Kier molecular flexibility index (Phi) is 6.35. The van der Waals surface area contributed by atoms with Gasteiger partial charge >= 0.3 is 0 Å². The van der Waals surface area contributed by atoms with Crippen LogP contribution in [0, 0.1) is 0 Å². The second kappa shape index (κ2) is 9.15. The molecule has 1 N–H and O–H groups in total. The summed E-state index contributed by atoms with van der Waals surface area (Å²) >= 11 is 0. The highest BCUT2D eigenvalue weighted by Crippen LogP contribution is 2.38. The zero-order valence-electron chi connectivity index (χ0n) is 19.9. The summed E-state index contributed by atoms with van der Waals surface area (Å²) in [5.41, 5.74) is 0.692. The number of nitrogens with one attached hydrogen (secondary N) is 1. The van der Waals surface area contributed by atoms with Gasteiger partial charge in [-0.3, -0.25) is 24.4 Å². The molecule has 0 aromatic carbocycles. The van der Waals surface area contributed by atoms with Crippen molar-refractivity contribution in [3.05, 3.63) is 30.1 Å². The number of likely N-dealkylation sites (N-methyl/N-ethyl adjacent to an activating group) is 1. The Morgan fingerprint density at radius 1 is 1.15 bits per heavy atom. The monoisotopic (exact) mass is 475 g/mol. The van der Waals surface area contributed by atoms with Crippen molar-refractivity contribution >= 4 is 11.8 Å². The number of amides is 2. The third-order valence-electron chi connectivity index (χ3n) is 8.56. The number of hydrogen-bond donors (Lipinski definition) is 1. The first-order chi connectivity index (χ1) is 16.2. The first kappa shape index (κ1) is 23.6. The molecule has 9 heteroatoms. The Bertz CT molecular complexity index is 868. The summed E-state index contributed by atoms with van der Waals surface area (Å²) in [7, 11) is 1.97. The molecule has 186 valence electrons. The molecule has 2 atom stereocenters. The Morgan fingerprint density at radius 2 is 1.88 bits per heavy atom. The van der Waals surface area contributed by atoms with Gasteiger partial charge in [0.15, 0.2) is 0 Å². The lowest BCUT2D eigenvalue weighted by molar-refractivity contribution is -0.135. The molecule has 0 bridgehead atoms. The smallest absolute Gasteiger partial charge is 0.248 e. The standard InChI is InChI=1S/C25H35F2N5O2/c1-30(19-4-6-25(26,27)7-5-19)20-13-21-23(34)29-24(14-22(33)32(21)17-20)8-11-31(12-9-24)16-18-3-2-10-28-15-18/h2-3,10,15,19-21H,4-9,11-14,16-17H2,1H3,(H,29,34)/t20-,21-/m0/s1. The van der Waals surface area contributed by atoms with Gasteiger partial charge in [-0.2, -0.15) is 0 Å². The van der Waals surface area contributed by atoms with Crippen LogP contribution < -0.4 is 5.32 Å². The average molecular weight is 476 g/mol. The molecule has 1 spiro atoms. The zero-order chi connectivity index (χ0) is 23.9. The first-order valence-corrected chi connectivity index (χ1v) is 12.6. The van der Waals surface area contributed by atoms with Gasteiger partial charge in [0.2, 0.25) is 17.7 Å². The molecule has 1 saturated carbocycles. The van der Waals surface area contributed by atoms with Crippen LogP contribution in [0.1, 0.15) is 56.9 Å². The van der Waals surface area contributed by atoms with Crippen LogP contribution >= 0.6 is 0 Å². The number of alkyl halides is 2. The third kappa shape index (κ3) is 4.82. The van der Waals surface area contributed by atoms with Crippen LogP contribution in [0.25, 0.3) is 0 Å². The van der Waals surface area contributed by atoms with Crippen LogP contribution in [0.2, 0.25) is 0 Å². The fraction of sp³-hybridized carbons (Fsp3) is 0.720. The van der Waals surface area contributed by atoms with E-state index in [1.54, 1.807) is 11.1 Å². The topological polar surface area (TPSA) is 68.8 Å². The lowest BCUT2D eigenvalue weighted by Gasteiger charge is -2.41. The fourth-order valence-corrected chi connectivity index (χ4v) is 6.33. The summed E-state index contributed by atoms with van der Waals surface area (Å²) in [5.74, 6) is -2.58. The van der Waals surface area contributed by atoms with Crippen LogP contribution in [0.5, 0.6) is 0 Å². The van der Waals surface area contributed by atoms with Crippen molar-refractivity contribution < 1.29 is 18.4 Å². The maximum absolute atomic E-state index is 13.6. The van der Waals surface area contributed by atoms with E-state index < -0.39 is 17.5 Å². The first-order valence-electron chi connectivity index (χ1n) is 12.6. The number of nitrogens with zero attached hydrogens (tertiary/aromatic N) is 4. The van der Waals surface area contributed by atoms with Crippen LogP contribution in [0.4, 0.5) is 8.78 Å². The van der Waals surface area contributed by atoms with E-state index in [0.717, 1.165) is 38.0 Å². The van der Waals surface area contributed by atoms with Crippen LogP contribution in [-0.2, 0) is 16.1 Å². The number of carbonyl (C=O) groups is 2. The van der Waals surface area contributed by atoms with Crippen LogP contribution in [0.15, 0.2) is 24.5 Å². The van der Waals surface area contributed by atoms with Crippen LogP contribution in [0.3, 0.4) is 0 Å². The minimum absolute atomic E-state index is 0.0341. The molecule has 0 unspecified atom stereocenters. The Hall–Kier alpha value is -2.13. The van der Waals surface area contributed by atoms with Gasteiger partial charge in [0.05, 0.1) is 12.0 Å². The predicted molar refractivity (Wildman–Crippen MR) is 123 cm³/mol. The van der Waals surface area contributed by atoms with E-state index in [2.05, 4.69) is 26.2 Å². The maximum atomic E-state index is 13.6. The van der Waals surface area contributed by atoms with Gasteiger partial charge in [-0.15, -0.1) is 0 Å². The maximum Gasteiger partial charge on any atom is 0.248 e. The molecule has 2 amide bonds. The van der Waals surface area contributed by atoms with Gasteiger partial charge in [0.25, 0.3) is 0 Å². The summed E-state index contributed by atoms with van der Waals surface area (Å²) in [6.07, 6.45) is 6.82. The summed E-state index contributed by atoms with van der Waals surface area (Å²) in [6.45, 7) is 2.97. The molecule has 1 aromatic rings. The molecular formula is C25H35F2N5O2. The number of carbonyl (C=O) groups excluding carboxylic acids is 2. The van der Waals surface area contributed by atoms with E-state index in [-0.39, 0.29) is 36.7 Å². The number of fused-ring (bicyclic) bond motifs is 1. The van der Waals surface area contributed by atoms with Gasteiger partial charge in [0.1, 0.15) is 6.04 Å². The van der Waals surface area contributed by atoms with Crippen molar-refractivity contribution in [2.75, 3.05) is 26.7 Å². The zero-order valence-corrected chi connectivity index (χ0v) is 19.9. The second-order valence-electron chi connectivity index (χ2n) is 10.8. The molecule has 5 rings (SSSR count). The number of hydrogen-bond acceptors (Lipinski definition) is 5. The quantitative estimate of drug-likeness (QED) is 0.725. The highest BCUT2D eigenvalue weighted by atomic mass is 19.3. The number of piperidine rings is 1. The van der Waals surface area contributed by atoms with Gasteiger partial charge in [-0.05, 0) is 50.8 Å². The van der Waals surface area contributed by atoms with Gasteiger partial charge in [-0.25, -0.2) is 8.78 Å². The van der Waals surface area contributed by atoms with E-state index in [1.807, 2.05) is 19.3 Å². The normalized spacial score (nSPS) is 29.8. The summed E-state index contributed by atoms with van der Waals surface area (Å²) in [4.78, 5) is 37.0. The number of aromatic nitrogens is 1. The van der Waals surface area contributed by atoms with Crippen molar-refractivity contribution in [1.29, 1.82) is 0 Å². The molecule has 1 aliphatic carbocycles. The van der Waals surface area contributed by atoms with Crippen molar-refractivity contribution in [2.45, 2.75) is 87.5 Å². The molecule has 4 heterocycles. The van der Waals surface area contributed by atoms with Gasteiger partial charge < -0.3 is 10.2 Å². The molecule has 4 aliphatic rings. The van der Waals surface area contributed by atoms with Gasteiger partial charge in [0, 0.05) is 63.5 Å². The minimum atomic E-state index is -2.56. The number of rotatable bonds is 4. The number of halogens is 2. The summed E-state index contributed by atoms with van der Waals surface area (Å²) in [5, 5.41) is 3.27. The fourth-order valence-electron chi connectivity index (χ4n) is 6.33. The molecular weight excluding hydrogens is 440 g/mol. The van der Waals surface area contributed by atoms with E-state index in [0.29, 0.717) is 32.2 Å². The Morgan fingerprint density at radius 3 is 2.56 bits per heavy atom. The van der Waals surface area contributed by atoms with E-state index in [4.69, 9.17) is 0 Å². The molecule has 0 radical (unpaired) electrons. The Balaban J connectivity index is 1.19. The lowest BCUT2D eigenvalue weighted by Crippen LogP contribution is -2.56. The molecule has 4 fully saturated rings. The molecule has 34 heavy (non-hydrogen) atoms. The van der Waals surface area contributed by atoms with E-state index >= 15 is 0 Å². The average Bonchev–Trinajstić information content (AvgIpc) is 3.24. The minimum Gasteiger partial charge on any atom is -0.348 e. The summed E-state index contributed by atoms with van der Waals surface area (Å²) < 4.78 is 27.2. The molecule has 7 nitrogen and oxygen atoms in total. The lowest BCUT2D eigenvalue weighted by atomic mass is 9.84. The number of likely N-dealkylation sites (tertiary alicyclic amines) is 1. The largest absolute Gasteiger partial charge is 0.348 e. The Labute approximate surface area is 199 Å².